The lowest BCUT2D eigenvalue weighted by molar-refractivity contribution is 0.584. The van der Waals surface area contributed by atoms with E-state index in [1.165, 1.54) is 28.9 Å². The molecule has 0 bridgehead atoms. The molecule has 0 aliphatic rings. The molecule has 2 N–H and O–H groups in total. The summed E-state index contributed by atoms with van der Waals surface area (Å²) < 4.78 is 28.2. The van der Waals surface area contributed by atoms with E-state index in [2.05, 4.69) is 56.5 Å². The van der Waals surface area contributed by atoms with Gasteiger partial charge in [0.15, 0.2) is 0 Å². The third kappa shape index (κ3) is 6.68. The van der Waals surface area contributed by atoms with Gasteiger partial charge in [-0.15, -0.1) is 0 Å². The molecule has 0 spiro atoms. The maximum Gasteiger partial charge on any atom is 0.128 e. The number of para-hydroxylation sites is 1. The van der Waals surface area contributed by atoms with Crippen LogP contribution in [0.2, 0.25) is 0 Å². The largest absolute Gasteiger partial charge is 0.379 e. The van der Waals surface area contributed by atoms with Crippen LogP contribution in [-0.2, 0) is 6.54 Å². The van der Waals surface area contributed by atoms with E-state index in [1.54, 1.807) is 0 Å². The molecule has 0 aliphatic carbocycles. The molecular formula is C37H37F2N3. The fourth-order valence-corrected chi connectivity index (χ4v) is 5.43. The molecule has 0 saturated heterocycles. The van der Waals surface area contributed by atoms with E-state index in [0.717, 1.165) is 34.1 Å². The predicted molar refractivity (Wildman–Crippen MR) is 170 cm³/mol. The molecule has 1 heterocycles. The number of hydrogen-bond donors (Lipinski definition) is 2. The van der Waals surface area contributed by atoms with Gasteiger partial charge in [-0.05, 0) is 58.4 Å². The molecule has 5 aromatic rings. The van der Waals surface area contributed by atoms with Crippen LogP contribution in [0.1, 0.15) is 73.5 Å². The van der Waals surface area contributed by atoms with E-state index in [1.807, 2.05) is 72.8 Å². The first kappa shape index (κ1) is 29.0. The first-order chi connectivity index (χ1) is 20.3. The lowest BCUT2D eigenvalue weighted by Gasteiger charge is -2.24. The van der Waals surface area contributed by atoms with Crippen molar-refractivity contribution in [3.8, 4) is 11.3 Å². The Kier molecular flexibility index (Phi) is 8.97. The molecule has 0 amide bonds. The lowest BCUT2D eigenvalue weighted by Crippen LogP contribution is -2.14. The van der Waals surface area contributed by atoms with Crippen molar-refractivity contribution < 1.29 is 8.78 Å². The van der Waals surface area contributed by atoms with Gasteiger partial charge >= 0.3 is 0 Å². The quantitative estimate of drug-likeness (QED) is 0.178. The highest BCUT2D eigenvalue weighted by Crippen LogP contribution is 2.35. The Morgan fingerprint density at radius 3 is 1.90 bits per heavy atom. The fraction of sp³-hybridized carbons (Fsp3) is 0.216. The molecule has 4 aromatic carbocycles. The minimum absolute atomic E-state index is 0.362. The Labute approximate surface area is 247 Å². The Bertz CT molecular complexity index is 1600. The number of halogens is 2. The number of hydrogen-bond acceptors (Lipinski definition) is 3. The second kappa shape index (κ2) is 13.0. The number of nitrogens with one attached hydrogen (secondary N) is 2. The summed E-state index contributed by atoms with van der Waals surface area (Å²) in [6.07, 6.45) is 0. The van der Waals surface area contributed by atoms with Gasteiger partial charge in [-0.3, -0.25) is 4.98 Å². The molecule has 0 radical (unpaired) electrons. The van der Waals surface area contributed by atoms with E-state index in [0.29, 0.717) is 24.1 Å². The van der Waals surface area contributed by atoms with Crippen LogP contribution in [0, 0.1) is 11.6 Å². The molecule has 3 nitrogen and oxygen atoms in total. The van der Waals surface area contributed by atoms with Crippen LogP contribution in [-0.4, -0.2) is 4.98 Å². The van der Waals surface area contributed by atoms with Crippen LogP contribution in [0.15, 0.2) is 109 Å². The molecule has 1 aromatic heterocycles. The van der Waals surface area contributed by atoms with Crippen LogP contribution in [0.4, 0.5) is 20.2 Å². The molecule has 214 valence electrons. The first-order valence-electron chi connectivity index (χ1n) is 14.5. The van der Waals surface area contributed by atoms with Gasteiger partial charge in [-0.1, -0.05) is 107 Å². The summed E-state index contributed by atoms with van der Waals surface area (Å²) in [6, 6.07) is 33.7. The zero-order valence-electron chi connectivity index (χ0n) is 24.5. The zero-order valence-corrected chi connectivity index (χ0v) is 24.5. The molecule has 1 unspecified atom stereocenters. The highest BCUT2D eigenvalue weighted by molar-refractivity contribution is 5.67. The van der Waals surface area contributed by atoms with Crippen molar-refractivity contribution in [1.82, 2.24) is 4.98 Å². The third-order valence-corrected chi connectivity index (χ3v) is 7.48. The van der Waals surface area contributed by atoms with E-state index in [9.17, 15) is 8.78 Å². The summed E-state index contributed by atoms with van der Waals surface area (Å²) in [7, 11) is 0. The van der Waals surface area contributed by atoms with E-state index in [-0.39, 0.29) is 6.04 Å². The summed E-state index contributed by atoms with van der Waals surface area (Å²) in [5, 5.41) is 7.08. The number of nitrogens with zero attached hydrogens (tertiary/aromatic N) is 1. The maximum absolute atomic E-state index is 14.1. The van der Waals surface area contributed by atoms with Gasteiger partial charge in [-0.2, -0.15) is 0 Å². The van der Waals surface area contributed by atoms with E-state index >= 15 is 0 Å². The van der Waals surface area contributed by atoms with Crippen molar-refractivity contribution in [2.24, 2.45) is 0 Å². The third-order valence-electron chi connectivity index (χ3n) is 7.48. The van der Waals surface area contributed by atoms with Crippen molar-refractivity contribution >= 4 is 11.4 Å². The molecule has 5 heteroatoms. The second-order valence-corrected chi connectivity index (χ2v) is 11.2. The average molecular weight is 562 g/mol. The SMILES string of the molecule is CC(C)c1cccc(C(C)C)c1NCc1cccc(-c2ccccc2C(Nc2cc(F)cc(F)c2)c2ccccc2)n1. The van der Waals surface area contributed by atoms with Gasteiger partial charge in [0, 0.05) is 23.0 Å². The summed E-state index contributed by atoms with van der Waals surface area (Å²) >= 11 is 0. The second-order valence-electron chi connectivity index (χ2n) is 11.2. The van der Waals surface area contributed by atoms with Gasteiger partial charge in [-0.25, -0.2) is 8.78 Å². The number of anilines is 2. The minimum Gasteiger partial charge on any atom is -0.379 e. The normalized spacial score (nSPS) is 12.0. The van der Waals surface area contributed by atoms with Crippen molar-refractivity contribution in [1.29, 1.82) is 0 Å². The highest BCUT2D eigenvalue weighted by Gasteiger charge is 2.20. The van der Waals surface area contributed by atoms with Gasteiger partial charge in [0.25, 0.3) is 0 Å². The van der Waals surface area contributed by atoms with E-state index < -0.39 is 11.6 Å². The van der Waals surface area contributed by atoms with Crippen molar-refractivity contribution in [2.45, 2.75) is 52.1 Å². The van der Waals surface area contributed by atoms with Gasteiger partial charge in [0.2, 0.25) is 0 Å². The topological polar surface area (TPSA) is 37.0 Å². The van der Waals surface area contributed by atoms with Crippen molar-refractivity contribution in [3.63, 3.8) is 0 Å². The van der Waals surface area contributed by atoms with E-state index in [4.69, 9.17) is 4.98 Å². The predicted octanol–water partition coefficient (Wildman–Crippen LogP) is 10.1. The molecule has 0 aliphatic heterocycles. The van der Waals surface area contributed by atoms with Crippen LogP contribution in [0.3, 0.4) is 0 Å². The molecule has 5 rings (SSSR count). The monoisotopic (exact) mass is 561 g/mol. The number of rotatable bonds is 10. The molecule has 42 heavy (non-hydrogen) atoms. The van der Waals surface area contributed by atoms with Crippen LogP contribution in [0.5, 0.6) is 0 Å². The van der Waals surface area contributed by atoms with Crippen molar-refractivity contribution in [3.05, 3.63) is 149 Å². The fourth-order valence-electron chi connectivity index (χ4n) is 5.43. The van der Waals surface area contributed by atoms with Gasteiger partial charge in [0.1, 0.15) is 11.6 Å². The van der Waals surface area contributed by atoms with Gasteiger partial charge < -0.3 is 10.6 Å². The maximum atomic E-state index is 14.1. The molecule has 0 saturated carbocycles. The Morgan fingerprint density at radius 1 is 0.643 bits per heavy atom. The van der Waals surface area contributed by atoms with Crippen LogP contribution in [0.25, 0.3) is 11.3 Å². The molecule has 0 fully saturated rings. The zero-order chi connectivity index (χ0) is 29.6. The summed E-state index contributed by atoms with van der Waals surface area (Å²) in [5.74, 6) is -0.462. The Balaban J connectivity index is 1.50. The highest BCUT2D eigenvalue weighted by atomic mass is 19.1. The minimum atomic E-state index is -0.626. The number of pyridine rings is 1. The molecular weight excluding hydrogens is 524 g/mol. The summed E-state index contributed by atoms with van der Waals surface area (Å²) in [4.78, 5) is 5.07. The van der Waals surface area contributed by atoms with Crippen LogP contribution < -0.4 is 10.6 Å². The Hall–Kier alpha value is -4.51. The summed E-state index contributed by atoms with van der Waals surface area (Å²) in [5.41, 5.74) is 8.78. The number of aromatic nitrogens is 1. The molecule has 1 atom stereocenters. The summed E-state index contributed by atoms with van der Waals surface area (Å²) in [6.45, 7) is 9.46. The standard InChI is InChI=1S/C37H37F2N3/c1-24(2)31-17-11-18-32(25(3)4)37(31)40-23-29-14-10-19-35(41-29)33-15-8-9-16-34(33)36(26-12-6-5-7-13-26)42-30-21-27(38)20-28(39)22-30/h5-22,24-25,36,40,42H,23H2,1-4H3. The first-order valence-corrected chi connectivity index (χ1v) is 14.5. The average Bonchev–Trinajstić information content (AvgIpc) is 2.98. The van der Waals surface area contributed by atoms with Crippen LogP contribution >= 0.6 is 0 Å². The Morgan fingerprint density at radius 2 is 1.24 bits per heavy atom. The smallest absolute Gasteiger partial charge is 0.128 e. The van der Waals surface area contributed by atoms with Crippen molar-refractivity contribution in [2.75, 3.05) is 10.6 Å². The number of benzene rings is 4. The lowest BCUT2D eigenvalue weighted by atomic mass is 9.92. The van der Waals surface area contributed by atoms with Gasteiger partial charge in [0.05, 0.1) is 24.0 Å².